The molecule has 1 N–H and O–H groups in total. The molecule has 1 atom stereocenters. The molecule has 1 heterocycles. The van der Waals surface area contributed by atoms with Crippen LogP contribution in [-0.2, 0) is 4.79 Å². The van der Waals surface area contributed by atoms with Crippen LogP contribution in [0, 0.1) is 11.3 Å². The van der Waals surface area contributed by atoms with E-state index < -0.39 is 0 Å². The van der Waals surface area contributed by atoms with Crippen molar-refractivity contribution in [1.29, 1.82) is 5.26 Å². The van der Waals surface area contributed by atoms with Crippen molar-refractivity contribution in [3.8, 4) is 17.6 Å². The molecular weight excluding hydrogens is 316 g/mol. The number of amides is 1. The van der Waals surface area contributed by atoms with E-state index in [-0.39, 0.29) is 11.9 Å². The summed E-state index contributed by atoms with van der Waals surface area (Å²) in [5.41, 5.74) is 1.21. The molecule has 25 heavy (non-hydrogen) atoms. The smallest absolute Gasteiger partial charge is 0.247 e. The highest BCUT2D eigenvalue weighted by Gasteiger charge is 2.14. The van der Waals surface area contributed by atoms with Crippen LogP contribution in [0.1, 0.15) is 18.5 Å². The van der Waals surface area contributed by atoms with Gasteiger partial charge in [-0.3, -0.25) is 4.79 Å². The van der Waals surface area contributed by atoms with Gasteiger partial charge in [-0.1, -0.05) is 6.07 Å². The lowest BCUT2D eigenvalue weighted by Crippen LogP contribution is -2.22. The predicted molar refractivity (Wildman–Crippen MR) is 93.2 cm³/mol. The van der Waals surface area contributed by atoms with Gasteiger partial charge in [-0.15, -0.1) is 0 Å². The Morgan fingerprint density at radius 1 is 1.24 bits per heavy atom. The van der Waals surface area contributed by atoms with Gasteiger partial charge in [0.1, 0.15) is 17.5 Å². The van der Waals surface area contributed by atoms with E-state index in [0.29, 0.717) is 22.7 Å². The van der Waals surface area contributed by atoms with Crippen LogP contribution < -0.4 is 10.1 Å². The average molecular weight is 332 g/mol. The molecule has 3 aromatic rings. The SMILES string of the molecule is C[C@@H](C(=O)Nc1ccc(Oc2cccc(C#N)c2)cc1)n1ccnc1. The summed E-state index contributed by atoms with van der Waals surface area (Å²) < 4.78 is 7.44. The van der Waals surface area contributed by atoms with Gasteiger partial charge in [0.2, 0.25) is 5.91 Å². The second-order valence-electron chi connectivity index (χ2n) is 5.44. The molecule has 0 spiro atoms. The number of nitrogens with zero attached hydrogens (tertiary/aromatic N) is 3. The van der Waals surface area contributed by atoms with E-state index in [1.807, 2.05) is 0 Å². The van der Waals surface area contributed by atoms with E-state index in [1.165, 1.54) is 0 Å². The molecule has 0 radical (unpaired) electrons. The summed E-state index contributed by atoms with van der Waals surface area (Å²) in [4.78, 5) is 16.2. The average Bonchev–Trinajstić information content (AvgIpc) is 3.17. The van der Waals surface area contributed by atoms with E-state index in [0.717, 1.165) is 0 Å². The summed E-state index contributed by atoms with van der Waals surface area (Å²) in [6.07, 6.45) is 4.99. The zero-order chi connectivity index (χ0) is 17.6. The number of nitriles is 1. The largest absolute Gasteiger partial charge is 0.457 e. The Morgan fingerprint density at radius 2 is 2.04 bits per heavy atom. The quantitative estimate of drug-likeness (QED) is 0.771. The van der Waals surface area contributed by atoms with E-state index in [2.05, 4.69) is 16.4 Å². The van der Waals surface area contributed by atoms with Gasteiger partial charge in [-0.05, 0) is 49.4 Å². The highest BCUT2D eigenvalue weighted by Crippen LogP contribution is 2.24. The maximum absolute atomic E-state index is 12.2. The van der Waals surface area contributed by atoms with Gasteiger partial charge in [0.15, 0.2) is 0 Å². The highest BCUT2D eigenvalue weighted by molar-refractivity contribution is 5.93. The number of imidazole rings is 1. The van der Waals surface area contributed by atoms with Crippen molar-refractivity contribution < 1.29 is 9.53 Å². The van der Waals surface area contributed by atoms with Gasteiger partial charge in [-0.25, -0.2) is 4.98 Å². The van der Waals surface area contributed by atoms with Crippen molar-refractivity contribution in [3.05, 3.63) is 72.8 Å². The Kier molecular flexibility index (Phi) is 4.77. The standard InChI is InChI=1S/C19H16N4O2/c1-14(23-10-9-21-13-23)19(24)22-16-5-7-17(8-6-16)25-18-4-2-3-15(11-18)12-20/h2-11,13-14H,1H3,(H,22,24)/t14-/m0/s1. The lowest BCUT2D eigenvalue weighted by atomic mass is 10.2. The van der Waals surface area contributed by atoms with Crippen LogP contribution in [-0.4, -0.2) is 15.5 Å². The minimum absolute atomic E-state index is 0.131. The maximum atomic E-state index is 12.2. The number of hydrogen-bond donors (Lipinski definition) is 1. The molecule has 6 nitrogen and oxygen atoms in total. The first-order valence-electron chi connectivity index (χ1n) is 7.72. The molecule has 0 fully saturated rings. The molecule has 124 valence electrons. The molecule has 0 aliphatic rings. The normalized spacial score (nSPS) is 11.4. The van der Waals surface area contributed by atoms with Gasteiger partial charge >= 0.3 is 0 Å². The minimum atomic E-state index is -0.354. The van der Waals surface area contributed by atoms with Gasteiger partial charge in [0, 0.05) is 18.1 Å². The number of carbonyl (C=O) groups is 1. The number of anilines is 1. The minimum Gasteiger partial charge on any atom is -0.457 e. The molecule has 1 amide bonds. The predicted octanol–water partition coefficient (Wildman–Crippen LogP) is 3.75. The number of hydrogen-bond acceptors (Lipinski definition) is 4. The summed E-state index contributed by atoms with van der Waals surface area (Å²) in [7, 11) is 0. The lowest BCUT2D eigenvalue weighted by Gasteiger charge is -2.13. The molecule has 0 bridgehead atoms. The van der Waals surface area contributed by atoms with Crippen molar-refractivity contribution in [2.24, 2.45) is 0 Å². The summed E-state index contributed by atoms with van der Waals surface area (Å²) in [6, 6.07) is 15.7. The first-order valence-corrected chi connectivity index (χ1v) is 7.72. The zero-order valence-electron chi connectivity index (χ0n) is 13.6. The molecular formula is C19H16N4O2. The number of rotatable bonds is 5. The first-order chi connectivity index (χ1) is 12.2. The van der Waals surface area contributed by atoms with E-state index in [9.17, 15) is 4.79 Å². The number of carbonyl (C=O) groups excluding carboxylic acids is 1. The second kappa shape index (κ2) is 7.32. The van der Waals surface area contributed by atoms with Crippen LogP contribution in [0.2, 0.25) is 0 Å². The fraction of sp³-hybridized carbons (Fsp3) is 0.105. The van der Waals surface area contributed by atoms with Crippen LogP contribution in [0.3, 0.4) is 0 Å². The fourth-order valence-corrected chi connectivity index (χ4v) is 2.25. The molecule has 0 aliphatic carbocycles. The molecule has 2 aromatic carbocycles. The molecule has 6 heteroatoms. The molecule has 0 unspecified atom stereocenters. The molecule has 0 saturated carbocycles. The third-order valence-corrected chi connectivity index (χ3v) is 3.67. The monoisotopic (exact) mass is 332 g/mol. The summed E-state index contributed by atoms with van der Waals surface area (Å²) in [5, 5.41) is 11.8. The topological polar surface area (TPSA) is 79.9 Å². The molecule has 0 saturated heterocycles. The van der Waals surface area contributed by atoms with Crippen molar-refractivity contribution in [3.63, 3.8) is 0 Å². The number of aromatic nitrogens is 2. The number of ether oxygens (including phenoxy) is 1. The van der Waals surface area contributed by atoms with Gasteiger partial charge in [0.25, 0.3) is 0 Å². The van der Waals surface area contributed by atoms with Crippen molar-refractivity contribution in [1.82, 2.24) is 9.55 Å². The molecule has 3 rings (SSSR count). The van der Waals surface area contributed by atoms with Crippen LogP contribution in [0.4, 0.5) is 5.69 Å². The van der Waals surface area contributed by atoms with E-state index in [1.54, 1.807) is 78.7 Å². The molecule has 1 aromatic heterocycles. The highest BCUT2D eigenvalue weighted by atomic mass is 16.5. The van der Waals surface area contributed by atoms with Gasteiger partial charge in [0.05, 0.1) is 18.0 Å². The number of benzene rings is 2. The fourth-order valence-electron chi connectivity index (χ4n) is 2.25. The third-order valence-electron chi connectivity index (χ3n) is 3.67. The Morgan fingerprint density at radius 3 is 2.72 bits per heavy atom. The van der Waals surface area contributed by atoms with Gasteiger partial charge < -0.3 is 14.6 Å². The number of nitrogens with one attached hydrogen (secondary N) is 1. The Labute approximate surface area is 145 Å². The van der Waals surface area contributed by atoms with Gasteiger partial charge in [-0.2, -0.15) is 5.26 Å². The molecule has 0 aliphatic heterocycles. The third kappa shape index (κ3) is 4.03. The Bertz CT molecular complexity index is 896. The zero-order valence-corrected chi connectivity index (χ0v) is 13.6. The Hall–Kier alpha value is -3.59. The van der Waals surface area contributed by atoms with Crippen molar-refractivity contribution >= 4 is 11.6 Å². The van der Waals surface area contributed by atoms with Crippen LogP contribution in [0.5, 0.6) is 11.5 Å². The summed E-state index contributed by atoms with van der Waals surface area (Å²) in [5.74, 6) is 1.08. The van der Waals surface area contributed by atoms with Crippen LogP contribution in [0.25, 0.3) is 0 Å². The Balaban J connectivity index is 1.64. The maximum Gasteiger partial charge on any atom is 0.247 e. The summed E-state index contributed by atoms with van der Waals surface area (Å²) >= 11 is 0. The lowest BCUT2D eigenvalue weighted by molar-refractivity contribution is -0.118. The van der Waals surface area contributed by atoms with Crippen molar-refractivity contribution in [2.75, 3.05) is 5.32 Å². The second-order valence-corrected chi connectivity index (χ2v) is 5.44. The van der Waals surface area contributed by atoms with Crippen LogP contribution >= 0.6 is 0 Å². The van der Waals surface area contributed by atoms with Crippen molar-refractivity contribution in [2.45, 2.75) is 13.0 Å². The van der Waals surface area contributed by atoms with E-state index >= 15 is 0 Å². The summed E-state index contributed by atoms with van der Waals surface area (Å²) in [6.45, 7) is 1.80. The van der Waals surface area contributed by atoms with E-state index in [4.69, 9.17) is 10.00 Å². The van der Waals surface area contributed by atoms with Crippen LogP contribution in [0.15, 0.2) is 67.3 Å². The first kappa shape index (κ1) is 16.3.